The van der Waals surface area contributed by atoms with Gasteiger partial charge in [-0.05, 0) is 19.4 Å². The predicted molar refractivity (Wildman–Crippen MR) is 75.6 cm³/mol. The summed E-state index contributed by atoms with van der Waals surface area (Å²) in [5.41, 5.74) is 0.350. The van der Waals surface area contributed by atoms with Crippen molar-refractivity contribution in [2.75, 3.05) is 19.0 Å². The molecule has 0 N–H and O–H groups in total. The Balaban J connectivity index is 2.39. The third-order valence-corrected chi connectivity index (χ3v) is 5.50. The summed E-state index contributed by atoms with van der Waals surface area (Å²) in [6, 6.07) is 5.44. The highest BCUT2D eigenvalue weighted by Gasteiger charge is 2.61. The molecule has 0 unspecified atom stereocenters. The summed E-state index contributed by atoms with van der Waals surface area (Å²) in [6.07, 6.45) is 0. The van der Waals surface area contributed by atoms with E-state index in [2.05, 4.69) is 0 Å². The number of nitro groups is 1. The molecule has 0 aromatic heterocycles. The molecule has 1 atom stereocenters. The Morgan fingerprint density at radius 1 is 1.24 bits per heavy atom. The number of nitro benzene ring substituents is 1. The number of sulfone groups is 1. The maximum absolute atomic E-state index is 12.1. The van der Waals surface area contributed by atoms with Crippen LogP contribution in [0.3, 0.4) is 0 Å². The van der Waals surface area contributed by atoms with Crippen LogP contribution in [-0.4, -0.2) is 38.1 Å². The van der Waals surface area contributed by atoms with Gasteiger partial charge in [-0.3, -0.25) is 10.1 Å². The second kappa shape index (κ2) is 5.70. The maximum atomic E-state index is 12.1. The summed E-state index contributed by atoms with van der Waals surface area (Å²) in [7, 11) is -3.38. The quantitative estimate of drug-likeness (QED) is 0.451. The number of nitrogens with zero attached hydrogens (tertiary/aromatic N) is 1. The Bertz CT molecular complexity index is 619. The second-order valence-corrected chi connectivity index (χ2v) is 6.80. The fraction of sp³-hybridized carbons (Fsp3) is 0.538. The van der Waals surface area contributed by atoms with Crippen LogP contribution in [0.2, 0.25) is 0 Å². The highest BCUT2D eigenvalue weighted by molar-refractivity contribution is 7.93. The van der Waals surface area contributed by atoms with Gasteiger partial charge in [0.1, 0.15) is 11.0 Å². The van der Waals surface area contributed by atoms with Crippen molar-refractivity contribution < 1.29 is 22.8 Å². The fourth-order valence-electron chi connectivity index (χ4n) is 2.61. The number of hydrogen-bond donors (Lipinski definition) is 0. The van der Waals surface area contributed by atoms with Gasteiger partial charge in [-0.25, -0.2) is 8.42 Å². The average Bonchev–Trinajstić information content (AvgIpc) is 2.38. The summed E-state index contributed by atoms with van der Waals surface area (Å²) in [5.74, 6) is -1.40. The van der Waals surface area contributed by atoms with Gasteiger partial charge < -0.3 is 9.47 Å². The Kier molecular flexibility index (Phi) is 4.31. The molecule has 0 saturated carbocycles. The van der Waals surface area contributed by atoms with Crippen molar-refractivity contribution in [3.63, 3.8) is 0 Å². The van der Waals surface area contributed by atoms with Crippen LogP contribution < -0.4 is 0 Å². The molecule has 1 fully saturated rings. The fourth-order valence-corrected chi connectivity index (χ4v) is 4.71. The van der Waals surface area contributed by atoms with E-state index in [4.69, 9.17) is 9.47 Å². The van der Waals surface area contributed by atoms with Crippen molar-refractivity contribution in [1.29, 1.82) is 0 Å². The lowest BCUT2D eigenvalue weighted by Crippen LogP contribution is -2.60. The van der Waals surface area contributed by atoms with Crippen LogP contribution >= 0.6 is 0 Å². The summed E-state index contributed by atoms with van der Waals surface area (Å²) < 4.78 is 35.3. The zero-order chi connectivity index (χ0) is 15.7. The van der Waals surface area contributed by atoms with E-state index >= 15 is 0 Å². The van der Waals surface area contributed by atoms with Crippen LogP contribution in [0.5, 0.6) is 0 Å². The molecule has 21 heavy (non-hydrogen) atoms. The van der Waals surface area contributed by atoms with Crippen molar-refractivity contribution in [2.24, 2.45) is 0 Å². The molecule has 0 amide bonds. The largest absolute Gasteiger partial charge is 0.348 e. The van der Waals surface area contributed by atoms with E-state index in [1.54, 1.807) is 13.8 Å². The minimum Gasteiger partial charge on any atom is -0.348 e. The topological polar surface area (TPSA) is 95.7 Å². The monoisotopic (exact) mass is 315 g/mol. The Morgan fingerprint density at radius 3 is 2.14 bits per heavy atom. The van der Waals surface area contributed by atoms with Crippen molar-refractivity contribution in [3.8, 4) is 0 Å². The first-order valence-electron chi connectivity index (χ1n) is 6.60. The number of benzene rings is 1. The van der Waals surface area contributed by atoms with E-state index in [9.17, 15) is 18.5 Å². The Morgan fingerprint density at radius 2 is 1.76 bits per heavy atom. The highest BCUT2D eigenvalue weighted by atomic mass is 32.2. The van der Waals surface area contributed by atoms with Crippen molar-refractivity contribution in [3.05, 3.63) is 39.9 Å². The maximum Gasteiger partial charge on any atom is 0.269 e. The molecule has 1 saturated heterocycles. The molecule has 2 rings (SSSR count). The zero-order valence-corrected chi connectivity index (χ0v) is 12.6. The molecule has 8 heteroatoms. The molecule has 0 spiro atoms. The standard InChI is InChI=1S/C13H17NO6S/c1-3-19-13(20-4-2)9-21(17,18)12(13)10-5-7-11(8-6-10)14(15)16/h5-8,12H,3-4,9H2,1-2H3/t12-/m0/s1. The third-order valence-electron chi connectivity index (χ3n) is 3.34. The SMILES string of the molecule is CCOC1(OCC)CS(=O)(=O)[C@H]1c1ccc([N+](=O)[O-])cc1. The van der Waals surface area contributed by atoms with Crippen molar-refractivity contribution >= 4 is 15.5 Å². The molecule has 0 aliphatic carbocycles. The molecule has 116 valence electrons. The molecular weight excluding hydrogens is 298 g/mol. The third kappa shape index (κ3) is 2.78. The van der Waals surface area contributed by atoms with Gasteiger partial charge in [0, 0.05) is 25.3 Å². The van der Waals surface area contributed by atoms with Crippen molar-refractivity contribution in [2.45, 2.75) is 24.9 Å². The molecule has 7 nitrogen and oxygen atoms in total. The van der Waals surface area contributed by atoms with Crippen LogP contribution in [-0.2, 0) is 19.3 Å². The Hall–Kier alpha value is -1.51. The smallest absolute Gasteiger partial charge is 0.269 e. The summed E-state index contributed by atoms with van der Waals surface area (Å²) in [4.78, 5) is 10.1. The summed E-state index contributed by atoms with van der Waals surface area (Å²) in [5, 5.41) is 9.71. The Labute approximate surface area is 122 Å². The minimum absolute atomic E-state index is 0.0890. The van der Waals surface area contributed by atoms with Crippen LogP contribution in [0, 0.1) is 10.1 Å². The summed E-state index contributed by atoms with van der Waals surface area (Å²) >= 11 is 0. The van der Waals surface area contributed by atoms with Gasteiger partial charge in [0.05, 0.1) is 4.92 Å². The molecule has 1 aromatic rings. The first-order chi connectivity index (χ1) is 9.86. The molecule has 0 radical (unpaired) electrons. The number of non-ortho nitro benzene ring substituents is 1. The number of ether oxygens (including phenoxy) is 2. The molecule has 0 bridgehead atoms. The summed E-state index contributed by atoms with van der Waals surface area (Å²) in [6.45, 7) is 4.16. The van der Waals surface area contributed by atoms with E-state index in [1.807, 2.05) is 0 Å². The minimum atomic E-state index is -3.38. The first-order valence-corrected chi connectivity index (χ1v) is 8.31. The lowest BCUT2D eigenvalue weighted by atomic mass is 10.0. The molecule has 1 aliphatic heterocycles. The van der Waals surface area contributed by atoms with E-state index < -0.39 is 25.8 Å². The van der Waals surface area contributed by atoms with Gasteiger partial charge in [0.25, 0.3) is 5.69 Å². The van der Waals surface area contributed by atoms with Crippen molar-refractivity contribution in [1.82, 2.24) is 0 Å². The molecular formula is C13H17NO6S. The lowest BCUT2D eigenvalue weighted by molar-refractivity contribution is -0.384. The molecule has 1 heterocycles. The van der Waals surface area contributed by atoms with Gasteiger partial charge in [-0.15, -0.1) is 0 Å². The number of rotatable bonds is 6. The van der Waals surface area contributed by atoms with Gasteiger partial charge in [0.2, 0.25) is 5.79 Å². The number of hydrogen-bond acceptors (Lipinski definition) is 6. The molecule has 1 aromatic carbocycles. The second-order valence-electron chi connectivity index (χ2n) is 4.71. The van der Waals surface area contributed by atoms with Gasteiger partial charge in [0.15, 0.2) is 9.84 Å². The van der Waals surface area contributed by atoms with Crippen LogP contribution in [0.15, 0.2) is 24.3 Å². The predicted octanol–water partition coefficient (Wildman–Crippen LogP) is 1.83. The van der Waals surface area contributed by atoms with E-state index in [1.165, 1.54) is 24.3 Å². The van der Waals surface area contributed by atoms with E-state index in [0.29, 0.717) is 18.8 Å². The van der Waals surface area contributed by atoms with E-state index in [-0.39, 0.29) is 11.4 Å². The average molecular weight is 315 g/mol. The van der Waals surface area contributed by atoms with Gasteiger partial charge in [-0.1, -0.05) is 12.1 Å². The van der Waals surface area contributed by atoms with Gasteiger partial charge >= 0.3 is 0 Å². The molecule has 1 aliphatic rings. The van der Waals surface area contributed by atoms with Gasteiger partial charge in [-0.2, -0.15) is 0 Å². The normalized spacial score (nSPS) is 22.5. The van der Waals surface area contributed by atoms with E-state index in [0.717, 1.165) is 0 Å². The highest BCUT2D eigenvalue weighted by Crippen LogP contribution is 2.48. The first kappa shape index (κ1) is 15.9. The zero-order valence-electron chi connectivity index (χ0n) is 11.8. The van der Waals surface area contributed by atoms with Crippen LogP contribution in [0.1, 0.15) is 24.7 Å². The van der Waals surface area contributed by atoms with Crippen LogP contribution in [0.25, 0.3) is 0 Å². The lowest BCUT2D eigenvalue weighted by Gasteiger charge is -2.47. The van der Waals surface area contributed by atoms with Crippen LogP contribution in [0.4, 0.5) is 5.69 Å².